The van der Waals surface area contributed by atoms with Crippen LogP contribution in [0.4, 0.5) is 4.39 Å². The number of aliphatic hydroxyl groups excluding tert-OH is 1. The number of carbonyl (C=O) groups is 17. The van der Waals surface area contributed by atoms with Gasteiger partial charge in [0, 0.05) is 117 Å². The fourth-order valence-electron chi connectivity index (χ4n) is 18.5. The number of aliphatic carboxylic acids is 1. The number of rotatable bonds is 24. The highest BCUT2D eigenvalue weighted by molar-refractivity contribution is 8.01. The second kappa shape index (κ2) is 49.4. The first kappa shape index (κ1) is 109. The number of carboxylic acid groups (broad SMARTS) is 1. The summed E-state index contributed by atoms with van der Waals surface area (Å²) in [6.45, 7) is 17.9. The lowest BCUT2D eigenvalue weighted by atomic mass is 9.87. The molecular formula is C98H141FN18O19S. The molecule has 137 heavy (non-hydrogen) atoms. The molecule has 0 bridgehead atoms. The number of amides is 15. The van der Waals surface area contributed by atoms with Crippen LogP contribution in [-0.2, 0) is 108 Å². The van der Waals surface area contributed by atoms with Crippen molar-refractivity contribution in [2.45, 2.75) is 306 Å². The van der Waals surface area contributed by atoms with E-state index >= 15 is 52.7 Å². The van der Waals surface area contributed by atoms with E-state index < -0.39 is 220 Å². The van der Waals surface area contributed by atoms with Gasteiger partial charge in [-0.25, -0.2) is 4.39 Å². The Morgan fingerprint density at radius 3 is 1.66 bits per heavy atom. The lowest BCUT2D eigenvalue weighted by Gasteiger charge is -2.38. The number of hydrogen-bond acceptors (Lipinski definition) is 20. The van der Waals surface area contributed by atoms with Gasteiger partial charge >= 0.3 is 5.97 Å². The molecule has 750 valence electrons. The van der Waals surface area contributed by atoms with Gasteiger partial charge in [0.15, 0.2) is 0 Å². The van der Waals surface area contributed by atoms with Crippen LogP contribution in [0.5, 0.6) is 0 Å². The van der Waals surface area contributed by atoms with Gasteiger partial charge in [-0.05, 0) is 144 Å². The molecule has 15 atom stereocenters. The van der Waals surface area contributed by atoms with Crippen molar-refractivity contribution in [1.82, 2.24) is 81.9 Å². The number of unbranched alkanes of at least 4 members (excludes halogenated alkanes) is 2. The van der Waals surface area contributed by atoms with Gasteiger partial charge in [0.05, 0.1) is 18.3 Å². The number of hydrogen-bond donors (Lipinski definition) is 14. The molecule has 9 rings (SSSR count). The summed E-state index contributed by atoms with van der Waals surface area (Å²) in [5.74, 6) is -17.0. The average Bonchev–Trinajstić information content (AvgIpc) is 1.70. The van der Waals surface area contributed by atoms with Crippen molar-refractivity contribution in [3.63, 3.8) is 0 Å². The molecule has 0 unspecified atom stereocenters. The number of piperidine rings is 1. The van der Waals surface area contributed by atoms with E-state index in [4.69, 9.17) is 11.5 Å². The fourth-order valence-corrected chi connectivity index (χ4v) is 19.4. The van der Waals surface area contributed by atoms with E-state index in [0.29, 0.717) is 66.1 Å². The van der Waals surface area contributed by atoms with Crippen LogP contribution in [0.15, 0.2) is 85.2 Å². The number of carbonyl (C=O) groups excluding carboxylic acids is 16. The van der Waals surface area contributed by atoms with E-state index in [9.17, 15) is 43.4 Å². The van der Waals surface area contributed by atoms with Gasteiger partial charge in [-0.15, -0.1) is 11.8 Å². The van der Waals surface area contributed by atoms with Crippen molar-refractivity contribution in [3.05, 3.63) is 108 Å². The molecular weight excluding hydrogens is 1780 g/mol. The number of thioether (sulfide) groups is 1. The molecule has 16 N–H and O–H groups in total. The maximum Gasteiger partial charge on any atom is 0.305 e. The van der Waals surface area contributed by atoms with Crippen LogP contribution in [0.1, 0.15) is 208 Å². The van der Waals surface area contributed by atoms with E-state index in [2.05, 4.69) is 52.8 Å². The van der Waals surface area contributed by atoms with Gasteiger partial charge in [-0.3, -0.25) is 81.5 Å². The van der Waals surface area contributed by atoms with E-state index in [1.165, 1.54) is 54.8 Å². The van der Waals surface area contributed by atoms with Gasteiger partial charge in [0.1, 0.15) is 96.2 Å². The average molecular weight is 1930 g/mol. The lowest BCUT2D eigenvalue weighted by molar-refractivity contribution is -0.149. The Bertz CT molecular complexity index is 5170. The third-order valence-electron chi connectivity index (χ3n) is 26.1. The molecule has 0 aliphatic carbocycles. The summed E-state index contributed by atoms with van der Waals surface area (Å²) >= 11 is 0.861. The van der Waals surface area contributed by atoms with Crippen LogP contribution >= 0.6 is 11.8 Å². The molecule has 0 spiro atoms. The summed E-state index contributed by atoms with van der Waals surface area (Å²) in [5, 5.41) is 48.3. The highest BCUT2D eigenvalue weighted by Gasteiger charge is 2.48. The standard InChI is InChI=1S/C98H141FN18O19S/c1-15-17-29-74-88(128)106-67(44-55(3)4)87(127)111-82(83(101)123)98(10,11)137-54-80(120)103-70(46-57-34-36-60(99)37-35-57)93(133)115-42-24-23-32-75(115)90(130)110-72(50-81(121)122)94(134)116-43-25-33-76(116)89(129)105-65(38-39-79(119)97(7,8)9)84(124)108-69(45-56(5)6)95(135)117-53-61(118)49-78(117)91(131)107-68(47-58-51-102-64-28-21-19-26-62(58)64)86(126)104-66(40-41-100)85(125)109-71(48-59-52-112(12)73-31-22-20-27-63(59)73)92(132)114(14)77(30-18-16-2)96(136)113(74)13/h19-22,26-28,31,34-37,51-52,55-56,61,65-72,74-78,82,102,118H,15-18,23-25,29-30,32-33,38-50,53-54,100H2,1-14H3,(H2,101,123)(H,103,120)(H,104,126)(H,105,129)(H,106,128)(H,107,131)(H,108,124)(H,109,125)(H,110,130)(H,111,127)(H,121,122)/t61-,65+,66+,67+,68+,69+,70+,71+,72+,74+,75+,76+,77+,78+,82-/m1/s1. The van der Waals surface area contributed by atoms with Crippen LogP contribution in [-0.4, -0.2) is 286 Å². The number of nitrogens with one attached hydrogen (secondary N) is 10. The van der Waals surface area contributed by atoms with E-state index in [0.717, 1.165) is 44.6 Å². The van der Waals surface area contributed by atoms with Crippen molar-refractivity contribution < 1.29 is 96.1 Å². The molecule has 4 aliphatic heterocycles. The van der Waals surface area contributed by atoms with Crippen molar-refractivity contribution in [1.29, 1.82) is 0 Å². The Kier molecular flexibility index (Phi) is 39.2. The number of H-pyrrole nitrogens is 1. The molecule has 4 aliphatic rings. The van der Waals surface area contributed by atoms with Crippen molar-refractivity contribution in [3.8, 4) is 0 Å². The lowest BCUT2D eigenvalue weighted by Crippen LogP contribution is -2.62. The van der Waals surface area contributed by atoms with Crippen molar-refractivity contribution in [2.75, 3.05) is 46.0 Å². The quantitative estimate of drug-likeness (QED) is 0.0417. The minimum atomic E-state index is -1.89. The van der Waals surface area contributed by atoms with E-state index in [1.807, 2.05) is 49.7 Å². The molecule has 0 radical (unpaired) electrons. The third kappa shape index (κ3) is 29.1. The number of nitrogens with two attached hydrogens (primary N) is 2. The number of nitrogens with zero attached hydrogens (tertiary/aromatic N) is 6. The van der Waals surface area contributed by atoms with Gasteiger partial charge < -0.3 is 104 Å². The zero-order valence-corrected chi connectivity index (χ0v) is 82.1. The SMILES string of the molecule is CCCC[C@H]1C(=O)N(C)[C@@H](CCCC)C(=O)N[C@@H](CC(C)C)C(=O)N[C@H](C(N)=O)C(C)(C)SCC(=O)N[C@@H](Cc2ccc(F)cc2)C(=O)N2CCCC[C@H]2C(=O)N[C@@H](CC(=O)O)C(=O)N2CCC[C@H]2C(=O)N[C@@H](CCC(=O)C(C)(C)C)C(=O)N[C@@H](CC(C)C)C(=O)N2C[C@H](O)C[C@H]2C(=O)N[C@@H](Cc2c[nH]c3ccccc23)C(=O)N[C@@H](CCN)C(=O)N[C@@H](Cc2cn(C)c3ccccc23)C(=O)N1C. The largest absolute Gasteiger partial charge is 0.481 e. The summed E-state index contributed by atoms with van der Waals surface area (Å²) < 4.78 is 14.9. The normalized spacial score (nSPS) is 25.7. The van der Waals surface area contributed by atoms with Gasteiger partial charge in [-0.1, -0.05) is 137 Å². The minimum absolute atomic E-state index is 0.0141. The number of halogens is 1. The Balaban J connectivity index is 1.12. The summed E-state index contributed by atoms with van der Waals surface area (Å²) in [7, 11) is 4.64. The first-order chi connectivity index (χ1) is 64.7. The number of Topliss-reactive ketones (excluding diaryl/α,β-unsaturated/α-hetero) is 1. The van der Waals surface area contributed by atoms with Crippen molar-refractivity contribution in [2.24, 2.45) is 35.8 Å². The predicted molar refractivity (Wildman–Crippen MR) is 513 cm³/mol. The number of likely N-dealkylation sites (N-methyl/N-ethyl adjacent to an activating group) is 2. The van der Waals surface area contributed by atoms with Gasteiger partial charge in [0.25, 0.3) is 0 Å². The topological polar surface area (TPSA) is 528 Å². The van der Waals surface area contributed by atoms with Gasteiger partial charge in [-0.2, -0.15) is 0 Å². The molecule has 0 saturated carbocycles. The highest BCUT2D eigenvalue weighted by Crippen LogP contribution is 2.33. The third-order valence-corrected chi connectivity index (χ3v) is 27.5. The highest BCUT2D eigenvalue weighted by atomic mass is 32.2. The summed E-state index contributed by atoms with van der Waals surface area (Å²) in [4.78, 5) is 263. The number of aryl methyl sites for hydroxylation is 1. The minimum Gasteiger partial charge on any atom is -0.481 e. The van der Waals surface area contributed by atoms with Crippen LogP contribution < -0.4 is 59.3 Å². The van der Waals surface area contributed by atoms with Crippen LogP contribution in [0, 0.1) is 23.1 Å². The van der Waals surface area contributed by atoms with Crippen LogP contribution in [0.3, 0.4) is 0 Å². The number of aromatic amines is 1. The van der Waals surface area contributed by atoms with Crippen molar-refractivity contribution >= 4 is 134 Å². The monoisotopic (exact) mass is 1930 g/mol. The number of ketones is 1. The summed E-state index contributed by atoms with van der Waals surface area (Å²) in [5.41, 5.74) is 14.4. The van der Waals surface area contributed by atoms with Crippen LogP contribution in [0.25, 0.3) is 21.8 Å². The number of primary amides is 1. The molecule has 37 nitrogen and oxygen atoms in total. The smallest absolute Gasteiger partial charge is 0.305 e. The predicted octanol–water partition coefficient (Wildman–Crippen LogP) is 3.88. The summed E-state index contributed by atoms with van der Waals surface area (Å²) in [6, 6.07) is -1.55. The number of benzene rings is 3. The molecule has 2 aromatic heterocycles. The first-order valence-corrected chi connectivity index (χ1v) is 48.8. The number of aromatic nitrogens is 2. The van der Waals surface area contributed by atoms with Crippen LogP contribution in [0.2, 0.25) is 0 Å². The summed E-state index contributed by atoms with van der Waals surface area (Å²) in [6.07, 6.45) is 1.66. The number of fused-ring (bicyclic) bond motifs is 5. The molecule has 3 aromatic carbocycles. The number of carboxylic acids is 1. The first-order valence-electron chi connectivity index (χ1n) is 47.8. The molecule has 4 fully saturated rings. The zero-order chi connectivity index (χ0) is 101. The second-order valence-electron chi connectivity index (χ2n) is 39.2. The molecule has 6 heterocycles. The second-order valence-corrected chi connectivity index (χ2v) is 40.8. The molecule has 39 heteroatoms. The zero-order valence-electron chi connectivity index (χ0n) is 81.2. The fraction of sp³-hybridized carbons (Fsp3) is 0.602. The van der Waals surface area contributed by atoms with E-state index in [-0.39, 0.29) is 127 Å². The maximum atomic E-state index is 15.9. The van der Waals surface area contributed by atoms with E-state index in [1.54, 1.807) is 85.1 Å². The molecule has 4 saturated heterocycles. The Labute approximate surface area is 803 Å². The Morgan fingerprint density at radius 2 is 1.04 bits per heavy atom. The number of aliphatic hydroxyl groups is 1. The molecule has 15 amide bonds. The Morgan fingerprint density at radius 1 is 0.533 bits per heavy atom. The maximum absolute atomic E-state index is 15.9. The Hall–Kier alpha value is -11.9. The number of para-hydroxylation sites is 2. The molecule has 5 aromatic rings. The van der Waals surface area contributed by atoms with Gasteiger partial charge in [0.2, 0.25) is 88.6 Å².